The largest absolute Gasteiger partial charge is 0.479 e. The number of carbonyl (C=O) groups excluding carboxylic acids is 1. The Labute approximate surface area is 120 Å². The van der Waals surface area contributed by atoms with Crippen LogP contribution in [0.15, 0.2) is 18.2 Å². The van der Waals surface area contributed by atoms with Gasteiger partial charge in [0.25, 0.3) is 0 Å². The van der Waals surface area contributed by atoms with E-state index in [1.165, 1.54) is 6.07 Å². The van der Waals surface area contributed by atoms with Crippen LogP contribution in [0.2, 0.25) is 0 Å². The monoisotopic (exact) mass is 412 g/mol. The number of Topliss-reactive ketones (excluding diaryl/α,β-unsaturated/α-hetero) is 1. The van der Waals surface area contributed by atoms with Gasteiger partial charge in [-0.05, 0) is 39.8 Å². The Balaban J connectivity index is 3.17. The van der Waals surface area contributed by atoms with Crippen LogP contribution in [0.4, 0.5) is 0 Å². The molecule has 0 saturated carbocycles. The lowest BCUT2D eigenvalue weighted by atomic mass is 9.98. The number of aliphatic hydroxyl groups excluding tert-OH is 1. The van der Waals surface area contributed by atoms with Crippen LogP contribution in [0, 0.1) is 3.57 Å². The molecule has 1 aromatic carbocycles. The van der Waals surface area contributed by atoms with E-state index in [9.17, 15) is 14.7 Å². The number of carboxylic acid groups (broad SMARTS) is 1. The van der Waals surface area contributed by atoms with E-state index in [0.29, 0.717) is 5.56 Å². The highest BCUT2D eigenvalue weighted by molar-refractivity contribution is 14.1. The average molecular weight is 413 g/mol. The van der Waals surface area contributed by atoms with Crippen molar-refractivity contribution in [1.82, 2.24) is 0 Å². The van der Waals surface area contributed by atoms with E-state index in [1.807, 2.05) is 22.6 Å². The summed E-state index contributed by atoms with van der Waals surface area (Å²) in [6.45, 7) is 0. The lowest BCUT2D eigenvalue weighted by Gasteiger charge is -2.13. The van der Waals surface area contributed by atoms with Gasteiger partial charge in [0.15, 0.2) is 6.10 Å². The zero-order valence-corrected chi connectivity index (χ0v) is 12.4. The van der Waals surface area contributed by atoms with Crippen LogP contribution in [0.3, 0.4) is 0 Å². The van der Waals surface area contributed by atoms with Gasteiger partial charge in [-0.1, -0.05) is 28.1 Å². The number of rotatable bonds is 5. The van der Waals surface area contributed by atoms with Crippen molar-refractivity contribution in [3.05, 3.63) is 32.9 Å². The van der Waals surface area contributed by atoms with Crippen LogP contribution in [0.25, 0.3) is 0 Å². The summed E-state index contributed by atoms with van der Waals surface area (Å²) in [5.41, 5.74) is 0.853. The summed E-state index contributed by atoms with van der Waals surface area (Å²) in [6.07, 6.45) is -1.48. The average Bonchev–Trinajstić information content (AvgIpc) is 2.30. The minimum atomic E-state index is -1.59. The van der Waals surface area contributed by atoms with Crippen LogP contribution in [-0.4, -0.2) is 27.3 Å². The number of carboxylic acids is 1. The van der Waals surface area contributed by atoms with E-state index in [0.717, 1.165) is 3.57 Å². The summed E-state index contributed by atoms with van der Waals surface area (Å²) in [5.74, 6) is -1.38. The van der Waals surface area contributed by atoms with Crippen molar-refractivity contribution in [1.29, 1.82) is 0 Å². The number of ketones is 1. The molecule has 1 atom stereocenters. The molecule has 1 rings (SSSR count). The fraction of sp³-hybridized carbons (Fsp3) is 0.273. The lowest BCUT2D eigenvalue weighted by molar-refractivity contribution is -0.147. The van der Waals surface area contributed by atoms with Gasteiger partial charge in [-0.2, -0.15) is 0 Å². The van der Waals surface area contributed by atoms with Gasteiger partial charge in [0.1, 0.15) is 5.78 Å². The molecular weight excluding hydrogens is 403 g/mol. The molecule has 6 heteroatoms. The summed E-state index contributed by atoms with van der Waals surface area (Å²) in [5, 5.41) is 18.6. The van der Waals surface area contributed by atoms with Gasteiger partial charge in [0, 0.05) is 9.99 Å². The van der Waals surface area contributed by atoms with Crippen molar-refractivity contribution >= 4 is 50.3 Å². The first-order chi connectivity index (χ1) is 7.97. The minimum Gasteiger partial charge on any atom is -0.479 e. The second-order valence-corrected chi connectivity index (χ2v) is 5.12. The maximum Gasteiger partial charge on any atom is 0.337 e. The van der Waals surface area contributed by atoms with Gasteiger partial charge in [0.2, 0.25) is 0 Å². The highest BCUT2D eigenvalue weighted by Crippen LogP contribution is 2.24. The molecule has 0 aromatic heterocycles. The normalized spacial score (nSPS) is 12.2. The van der Waals surface area contributed by atoms with Crippen LogP contribution in [0.5, 0.6) is 0 Å². The van der Waals surface area contributed by atoms with E-state index in [4.69, 9.17) is 5.11 Å². The van der Waals surface area contributed by atoms with E-state index >= 15 is 0 Å². The molecule has 1 aromatic rings. The van der Waals surface area contributed by atoms with Crippen molar-refractivity contribution in [2.75, 3.05) is 5.33 Å². The molecule has 92 valence electrons. The molecule has 0 amide bonds. The first-order valence-electron chi connectivity index (χ1n) is 4.73. The molecule has 2 N–H and O–H groups in total. The van der Waals surface area contributed by atoms with Gasteiger partial charge in [0.05, 0.1) is 5.33 Å². The predicted octanol–water partition coefficient (Wildman–Crippen LogP) is 1.92. The van der Waals surface area contributed by atoms with Gasteiger partial charge in [-0.25, -0.2) is 4.79 Å². The van der Waals surface area contributed by atoms with Crippen LogP contribution in [-0.2, 0) is 16.0 Å². The second-order valence-electron chi connectivity index (χ2n) is 3.40. The van der Waals surface area contributed by atoms with Gasteiger partial charge in [-0.15, -0.1) is 0 Å². The Hall–Kier alpha value is -0.470. The molecule has 0 aliphatic carbocycles. The number of hydrogen-bond acceptors (Lipinski definition) is 3. The third kappa shape index (κ3) is 3.75. The highest BCUT2D eigenvalue weighted by atomic mass is 127. The number of hydrogen-bond donors (Lipinski definition) is 2. The van der Waals surface area contributed by atoms with Crippen LogP contribution < -0.4 is 0 Å². The number of carbonyl (C=O) groups is 2. The van der Waals surface area contributed by atoms with Crippen molar-refractivity contribution < 1.29 is 19.8 Å². The van der Waals surface area contributed by atoms with Crippen molar-refractivity contribution in [3.63, 3.8) is 0 Å². The Morgan fingerprint density at radius 2 is 2.06 bits per heavy atom. The number of halogens is 2. The summed E-state index contributed by atoms with van der Waals surface area (Å²) in [6, 6.07) is 4.96. The Morgan fingerprint density at radius 1 is 1.41 bits per heavy atom. The predicted molar refractivity (Wildman–Crippen MR) is 74.3 cm³/mol. The van der Waals surface area contributed by atoms with Crippen molar-refractivity contribution in [2.45, 2.75) is 12.5 Å². The lowest BCUT2D eigenvalue weighted by Crippen LogP contribution is -2.16. The zero-order chi connectivity index (χ0) is 13.0. The molecule has 0 aliphatic rings. The van der Waals surface area contributed by atoms with Gasteiger partial charge >= 0.3 is 5.97 Å². The van der Waals surface area contributed by atoms with Gasteiger partial charge in [-0.3, -0.25) is 4.79 Å². The standard InChI is InChI=1S/C11H10BrIO4/c12-5-6(14)4-8-7(10(15)11(16)17)2-1-3-9(8)13/h1-3,10,15H,4-5H2,(H,16,17). The van der Waals surface area contributed by atoms with Crippen LogP contribution >= 0.6 is 38.5 Å². The highest BCUT2D eigenvalue weighted by Gasteiger charge is 2.21. The third-order valence-electron chi connectivity index (χ3n) is 2.21. The van der Waals surface area contributed by atoms with Gasteiger partial charge < -0.3 is 10.2 Å². The molecular formula is C11H10BrIO4. The zero-order valence-electron chi connectivity index (χ0n) is 8.69. The molecule has 1 unspecified atom stereocenters. The Kier molecular flexibility index (Phi) is 5.54. The fourth-order valence-corrected chi connectivity index (χ4v) is 2.30. The third-order valence-corrected chi connectivity index (χ3v) is 3.84. The number of aliphatic hydroxyl groups is 1. The maximum atomic E-state index is 11.4. The molecule has 4 nitrogen and oxygen atoms in total. The van der Waals surface area contributed by atoms with E-state index in [2.05, 4.69) is 15.9 Å². The summed E-state index contributed by atoms with van der Waals surface area (Å²) >= 11 is 5.08. The quantitative estimate of drug-likeness (QED) is 0.572. The minimum absolute atomic E-state index is 0.0621. The number of benzene rings is 1. The second kappa shape index (κ2) is 6.46. The number of alkyl halides is 1. The molecule has 0 spiro atoms. The molecule has 0 saturated heterocycles. The smallest absolute Gasteiger partial charge is 0.337 e. The summed E-state index contributed by atoms with van der Waals surface area (Å²) in [4.78, 5) is 22.2. The fourth-order valence-electron chi connectivity index (χ4n) is 1.40. The Bertz CT molecular complexity index is 447. The summed E-state index contributed by atoms with van der Waals surface area (Å²) < 4.78 is 0.773. The van der Waals surface area contributed by atoms with Crippen molar-refractivity contribution in [2.24, 2.45) is 0 Å². The molecule has 17 heavy (non-hydrogen) atoms. The molecule has 0 fully saturated rings. The SMILES string of the molecule is O=C(CBr)Cc1c(I)cccc1C(O)C(=O)O. The molecule has 0 heterocycles. The molecule has 0 aliphatic heterocycles. The van der Waals surface area contributed by atoms with Crippen LogP contribution in [0.1, 0.15) is 17.2 Å². The van der Waals surface area contributed by atoms with Crippen molar-refractivity contribution in [3.8, 4) is 0 Å². The van der Waals surface area contributed by atoms with E-state index < -0.39 is 12.1 Å². The number of aliphatic carboxylic acids is 1. The first kappa shape index (κ1) is 14.6. The van der Waals surface area contributed by atoms with E-state index in [1.54, 1.807) is 12.1 Å². The Morgan fingerprint density at radius 3 is 2.59 bits per heavy atom. The molecule has 0 bridgehead atoms. The summed E-state index contributed by atoms with van der Waals surface area (Å²) in [7, 11) is 0. The topological polar surface area (TPSA) is 74.6 Å². The van der Waals surface area contributed by atoms with E-state index in [-0.39, 0.29) is 23.1 Å². The molecule has 0 radical (unpaired) electrons. The first-order valence-corrected chi connectivity index (χ1v) is 6.93. The maximum absolute atomic E-state index is 11.4.